The van der Waals surface area contributed by atoms with Crippen LogP contribution < -0.4 is 11.5 Å². The van der Waals surface area contributed by atoms with Crippen LogP contribution in [0.2, 0.25) is 0 Å². The Bertz CT molecular complexity index is 118. The van der Waals surface area contributed by atoms with E-state index in [1.165, 1.54) is 0 Å². The van der Waals surface area contributed by atoms with Crippen molar-refractivity contribution in [3.63, 3.8) is 0 Å². The molecule has 8 heavy (non-hydrogen) atoms. The molecule has 0 fully saturated rings. The zero-order chi connectivity index (χ0) is 6.41. The third-order valence-corrected chi connectivity index (χ3v) is 0.536. The average molecular weight is 110 g/mol. The maximum absolute atomic E-state index is 5.09. The maximum atomic E-state index is 5.09. The van der Waals surface area contributed by atoms with Crippen LogP contribution in [0.4, 0.5) is 0 Å². The molecule has 0 saturated heterocycles. The largest absolute Gasteiger partial charge is 0.386 e. The van der Waals surface area contributed by atoms with E-state index in [4.69, 9.17) is 11.5 Å². The molecule has 0 aromatic carbocycles. The smallest absolute Gasteiger partial charge is 0.0933 e. The molecule has 0 aliphatic carbocycles. The van der Waals surface area contributed by atoms with E-state index in [1.54, 1.807) is 24.3 Å². The van der Waals surface area contributed by atoms with Crippen molar-refractivity contribution in [3.05, 3.63) is 36.7 Å². The lowest BCUT2D eigenvalue weighted by Crippen LogP contribution is -2.06. The molecule has 0 bridgehead atoms. The summed E-state index contributed by atoms with van der Waals surface area (Å²) in [6.07, 6.45) is 6.73. The zero-order valence-corrected chi connectivity index (χ0v) is 4.67. The minimum Gasteiger partial charge on any atom is -0.386 e. The molecule has 2 nitrogen and oxygen atoms in total. The molecule has 0 amide bonds. The molecule has 0 heterocycles. The molecule has 0 aromatic rings. The van der Waals surface area contributed by atoms with Crippen LogP contribution in [0, 0.1) is 0 Å². The van der Waals surface area contributed by atoms with Crippen molar-refractivity contribution in [1.29, 1.82) is 0 Å². The van der Waals surface area contributed by atoms with Gasteiger partial charge in [0, 0.05) is 0 Å². The van der Waals surface area contributed by atoms with Crippen LogP contribution in [0.15, 0.2) is 36.7 Å². The molecule has 0 atom stereocenters. The first-order valence-electron chi connectivity index (χ1n) is 2.27. The molecule has 0 rings (SSSR count). The highest BCUT2D eigenvalue weighted by molar-refractivity contribution is 5.11. The Hall–Kier alpha value is -1.18. The van der Waals surface area contributed by atoms with Gasteiger partial charge in [0.1, 0.15) is 0 Å². The second kappa shape index (κ2) is 3.99. The fourth-order valence-corrected chi connectivity index (χ4v) is 0.245. The maximum Gasteiger partial charge on any atom is 0.0933 e. The Labute approximate surface area is 49.2 Å². The first-order chi connectivity index (χ1) is 3.77. The predicted molar refractivity (Wildman–Crippen MR) is 35.8 cm³/mol. The summed E-state index contributed by atoms with van der Waals surface area (Å²) >= 11 is 0. The molecule has 0 aliphatic rings. The van der Waals surface area contributed by atoms with Crippen molar-refractivity contribution in [3.8, 4) is 0 Å². The number of hydrogen-bond donors (Lipinski definition) is 2. The first-order valence-corrected chi connectivity index (χ1v) is 2.27. The van der Waals surface area contributed by atoms with Crippen LogP contribution in [0.25, 0.3) is 0 Å². The third kappa shape index (κ3) is 4.82. The van der Waals surface area contributed by atoms with Crippen molar-refractivity contribution in [2.75, 3.05) is 0 Å². The van der Waals surface area contributed by atoms with Gasteiger partial charge in [0.25, 0.3) is 0 Å². The summed E-state index contributed by atoms with van der Waals surface area (Å²) in [5.41, 5.74) is 10.2. The van der Waals surface area contributed by atoms with Gasteiger partial charge >= 0.3 is 0 Å². The lowest BCUT2D eigenvalue weighted by Gasteiger charge is -1.81. The van der Waals surface area contributed by atoms with Gasteiger partial charge in [-0.3, -0.25) is 0 Å². The summed E-state index contributed by atoms with van der Waals surface area (Å²) in [4.78, 5) is 0. The van der Waals surface area contributed by atoms with E-state index in [0.29, 0.717) is 5.82 Å². The van der Waals surface area contributed by atoms with Crippen LogP contribution in [0.3, 0.4) is 0 Å². The highest BCUT2D eigenvalue weighted by Crippen LogP contribution is 1.75. The monoisotopic (exact) mass is 110 g/mol. The zero-order valence-electron chi connectivity index (χ0n) is 4.67. The molecule has 0 aliphatic heterocycles. The fraction of sp³-hybridized carbons (Fsp3) is 0. The fourth-order valence-electron chi connectivity index (χ4n) is 0.245. The SMILES string of the molecule is C=CC=CC=C(N)N. The van der Waals surface area contributed by atoms with Crippen LogP contribution in [0.1, 0.15) is 0 Å². The van der Waals surface area contributed by atoms with E-state index in [-0.39, 0.29) is 0 Å². The molecule has 44 valence electrons. The molecular weight excluding hydrogens is 100 g/mol. The number of hydrogen-bond acceptors (Lipinski definition) is 2. The van der Waals surface area contributed by atoms with E-state index in [9.17, 15) is 0 Å². The lowest BCUT2D eigenvalue weighted by molar-refractivity contribution is 1.25. The van der Waals surface area contributed by atoms with Crippen molar-refractivity contribution in [2.24, 2.45) is 11.5 Å². The van der Waals surface area contributed by atoms with Crippen molar-refractivity contribution in [2.45, 2.75) is 0 Å². The van der Waals surface area contributed by atoms with Crippen molar-refractivity contribution in [1.82, 2.24) is 0 Å². The third-order valence-electron chi connectivity index (χ3n) is 0.536. The normalized spacial score (nSPS) is 9.00. The van der Waals surface area contributed by atoms with Gasteiger partial charge in [0.05, 0.1) is 5.82 Å². The number of allylic oxidation sites excluding steroid dienone is 4. The van der Waals surface area contributed by atoms with Gasteiger partial charge in [0.15, 0.2) is 0 Å². The van der Waals surface area contributed by atoms with E-state index < -0.39 is 0 Å². The van der Waals surface area contributed by atoms with Crippen LogP contribution in [-0.2, 0) is 0 Å². The standard InChI is InChI=1S/C6H10N2/c1-2-3-4-5-6(7)8/h2-5H,1,7-8H2. The number of nitrogens with two attached hydrogens (primary N) is 2. The Balaban J connectivity index is 3.57. The molecule has 0 radical (unpaired) electrons. The highest BCUT2D eigenvalue weighted by atomic mass is 14.8. The Morgan fingerprint density at radius 1 is 1.25 bits per heavy atom. The summed E-state index contributed by atoms with van der Waals surface area (Å²) in [6, 6.07) is 0. The number of rotatable bonds is 2. The second-order valence-electron chi connectivity index (χ2n) is 1.29. The van der Waals surface area contributed by atoms with Gasteiger partial charge < -0.3 is 11.5 Å². The van der Waals surface area contributed by atoms with E-state index in [0.717, 1.165) is 0 Å². The molecule has 2 heteroatoms. The van der Waals surface area contributed by atoms with E-state index in [1.807, 2.05) is 0 Å². The summed E-state index contributed by atoms with van der Waals surface area (Å²) in [5.74, 6) is 0.308. The first kappa shape index (κ1) is 6.82. The van der Waals surface area contributed by atoms with Gasteiger partial charge in [-0.15, -0.1) is 0 Å². The molecule has 4 N–H and O–H groups in total. The topological polar surface area (TPSA) is 52.0 Å². The minimum atomic E-state index is 0.308. The van der Waals surface area contributed by atoms with Crippen LogP contribution in [0.5, 0.6) is 0 Å². The summed E-state index contributed by atoms with van der Waals surface area (Å²) in [5, 5.41) is 0. The quantitative estimate of drug-likeness (QED) is 0.508. The van der Waals surface area contributed by atoms with Crippen LogP contribution >= 0.6 is 0 Å². The summed E-state index contributed by atoms with van der Waals surface area (Å²) < 4.78 is 0. The van der Waals surface area contributed by atoms with Gasteiger partial charge in [-0.1, -0.05) is 24.8 Å². The predicted octanol–water partition coefficient (Wildman–Crippen LogP) is 0.487. The van der Waals surface area contributed by atoms with E-state index in [2.05, 4.69) is 6.58 Å². The molecule has 0 aromatic heterocycles. The van der Waals surface area contributed by atoms with Gasteiger partial charge in [-0.25, -0.2) is 0 Å². The average Bonchev–Trinajstić information content (AvgIpc) is 1.66. The van der Waals surface area contributed by atoms with E-state index >= 15 is 0 Å². The second-order valence-corrected chi connectivity index (χ2v) is 1.29. The highest BCUT2D eigenvalue weighted by Gasteiger charge is 1.66. The van der Waals surface area contributed by atoms with Crippen LogP contribution in [-0.4, -0.2) is 0 Å². The van der Waals surface area contributed by atoms with Crippen molar-refractivity contribution >= 4 is 0 Å². The molecular formula is C6H10N2. The van der Waals surface area contributed by atoms with Gasteiger partial charge in [0.2, 0.25) is 0 Å². The van der Waals surface area contributed by atoms with Gasteiger partial charge in [-0.05, 0) is 6.08 Å². The lowest BCUT2D eigenvalue weighted by atomic mass is 10.4. The molecule has 0 unspecified atom stereocenters. The molecule has 0 saturated carbocycles. The van der Waals surface area contributed by atoms with Crippen molar-refractivity contribution < 1.29 is 0 Å². The minimum absolute atomic E-state index is 0.308. The Morgan fingerprint density at radius 2 is 1.88 bits per heavy atom. The summed E-state index contributed by atoms with van der Waals surface area (Å²) in [7, 11) is 0. The van der Waals surface area contributed by atoms with Gasteiger partial charge in [-0.2, -0.15) is 0 Å². The molecule has 0 spiro atoms. The Morgan fingerprint density at radius 3 is 2.25 bits per heavy atom. The Kier molecular flexibility index (Phi) is 3.40. The summed E-state index contributed by atoms with van der Waals surface area (Å²) in [6.45, 7) is 3.46.